The Labute approximate surface area is 163 Å². The standard InChI is InChI=1S/C21H23N5O2/c27-21(20(26-11-4-5-12-26)17-9-6-10-22-14-17)23-15-18-24-19(28-25-18)13-16-7-2-1-3-8-16/h1-3,6-10,14,20H,4-5,11-13,15H2,(H,23,27)/t20-/m0/s1. The van der Waals surface area contributed by atoms with Gasteiger partial charge in [0.25, 0.3) is 0 Å². The molecule has 3 heterocycles. The normalized spacial score (nSPS) is 15.4. The molecule has 144 valence electrons. The zero-order chi connectivity index (χ0) is 19.2. The van der Waals surface area contributed by atoms with Crippen molar-refractivity contribution in [2.24, 2.45) is 0 Å². The average molecular weight is 377 g/mol. The van der Waals surface area contributed by atoms with Crippen molar-refractivity contribution >= 4 is 5.91 Å². The Balaban J connectivity index is 1.40. The zero-order valence-corrected chi connectivity index (χ0v) is 15.6. The van der Waals surface area contributed by atoms with Gasteiger partial charge in [0.2, 0.25) is 11.8 Å². The molecule has 3 aromatic rings. The number of rotatable bonds is 7. The first-order chi connectivity index (χ1) is 13.8. The van der Waals surface area contributed by atoms with Gasteiger partial charge in [0, 0.05) is 12.4 Å². The summed E-state index contributed by atoms with van der Waals surface area (Å²) in [7, 11) is 0. The van der Waals surface area contributed by atoms with E-state index in [2.05, 4.69) is 25.3 Å². The lowest BCUT2D eigenvalue weighted by atomic mass is 10.1. The van der Waals surface area contributed by atoms with Crippen LogP contribution in [0.3, 0.4) is 0 Å². The van der Waals surface area contributed by atoms with Crippen molar-refractivity contribution in [1.29, 1.82) is 0 Å². The molecule has 0 saturated carbocycles. The molecule has 4 rings (SSSR count). The number of pyridine rings is 1. The summed E-state index contributed by atoms with van der Waals surface area (Å²) < 4.78 is 5.31. The highest BCUT2D eigenvalue weighted by Crippen LogP contribution is 2.24. The molecule has 7 heteroatoms. The van der Waals surface area contributed by atoms with Gasteiger partial charge >= 0.3 is 0 Å². The van der Waals surface area contributed by atoms with Crippen LogP contribution in [0.5, 0.6) is 0 Å². The molecule has 1 aromatic carbocycles. The highest BCUT2D eigenvalue weighted by atomic mass is 16.5. The molecule has 0 aliphatic carbocycles. The molecule has 7 nitrogen and oxygen atoms in total. The molecule has 1 aliphatic rings. The average Bonchev–Trinajstić information content (AvgIpc) is 3.41. The topological polar surface area (TPSA) is 84.2 Å². The lowest BCUT2D eigenvalue weighted by Gasteiger charge is -2.26. The molecule has 0 radical (unpaired) electrons. The molecule has 0 bridgehead atoms. The first-order valence-electron chi connectivity index (χ1n) is 9.56. The Morgan fingerprint density at radius 1 is 1.14 bits per heavy atom. The van der Waals surface area contributed by atoms with E-state index < -0.39 is 0 Å². The lowest BCUT2D eigenvalue weighted by Crippen LogP contribution is -2.39. The van der Waals surface area contributed by atoms with E-state index in [-0.39, 0.29) is 18.5 Å². The smallest absolute Gasteiger partial charge is 0.242 e. The molecule has 1 fully saturated rings. The van der Waals surface area contributed by atoms with Crippen molar-refractivity contribution in [1.82, 2.24) is 25.3 Å². The summed E-state index contributed by atoms with van der Waals surface area (Å²) in [5.41, 5.74) is 2.01. The number of hydrogen-bond donors (Lipinski definition) is 1. The van der Waals surface area contributed by atoms with Crippen LogP contribution in [0.1, 0.15) is 41.7 Å². The van der Waals surface area contributed by atoms with E-state index in [0.717, 1.165) is 37.1 Å². The summed E-state index contributed by atoms with van der Waals surface area (Å²) in [6.07, 6.45) is 6.27. The van der Waals surface area contributed by atoms with E-state index in [9.17, 15) is 4.79 Å². The summed E-state index contributed by atoms with van der Waals surface area (Å²) in [6, 6.07) is 13.4. The van der Waals surface area contributed by atoms with E-state index in [0.29, 0.717) is 18.1 Å². The predicted octanol–water partition coefficient (Wildman–Crippen LogP) is 2.51. The highest BCUT2D eigenvalue weighted by Gasteiger charge is 2.29. The Morgan fingerprint density at radius 2 is 1.96 bits per heavy atom. The number of nitrogens with zero attached hydrogens (tertiary/aromatic N) is 4. The second-order valence-corrected chi connectivity index (χ2v) is 6.92. The number of hydrogen-bond acceptors (Lipinski definition) is 6. The number of likely N-dealkylation sites (tertiary alicyclic amines) is 1. The van der Waals surface area contributed by atoms with Crippen LogP contribution in [0.15, 0.2) is 59.4 Å². The second-order valence-electron chi connectivity index (χ2n) is 6.92. The quantitative estimate of drug-likeness (QED) is 0.681. The van der Waals surface area contributed by atoms with Gasteiger partial charge in [-0.1, -0.05) is 41.6 Å². The Kier molecular flexibility index (Phi) is 5.72. The Hall–Kier alpha value is -3.06. The molecule has 2 aromatic heterocycles. The lowest BCUT2D eigenvalue weighted by molar-refractivity contribution is -0.126. The summed E-state index contributed by atoms with van der Waals surface area (Å²) in [5, 5.41) is 6.95. The molecular weight excluding hydrogens is 354 g/mol. The van der Waals surface area contributed by atoms with Gasteiger partial charge in [-0.25, -0.2) is 0 Å². The minimum Gasteiger partial charge on any atom is -0.347 e. The predicted molar refractivity (Wildman–Crippen MR) is 103 cm³/mol. The number of carbonyl (C=O) groups excluding carboxylic acids is 1. The fourth-order valence-electron chi connectivity index (χ4n) is 3.53. The van der Waals surface area contributed by atoms with Crippen LogP contribution >= 0.6 is 0 Å². The fourth-order valence-corrected chi connectivity index (χ4v) is 3.53. The third-order valence-electron chi connectivity index (χ3n) is 4.88. The Bertz CT molecular complexity index is 891. The Morgan fingerprint density at radius 3 is 2.71 bits per heavy atom. The van der Waals surface area contributed by atoms with Gasteiger partial charge in [-0.3, -0.25) is 14.7 Å². The van der Waals surface area contributed by atoms with Crippen molar-refractivity contribution < 1.29 is 9.32 Å². The maximum absolute atomic E-state index is 12.9. The molecule has 1 N–H and O–H groups in total. The van der Waals surface area contributed by atoms with E-state index in [1.807, 2.05) is 42.5 Å². The van der Waals surface area contributed by atoms with Gasteiger partial charge in [0.1, 0.15) is 6.04 Å². The van der Waals surface area contributed by atoms with E-state index >= 15 is 0 Å². The molecule has 0 unspecified atom stereocenters. The van der Waals surface area contributed by atoms with Gasteiger partial charge in [-0.2, -0.15) is 4.98 Å². The molecule has 1 saturated heterocycles. The van der Waals surface area contributed by atoms with Crippen LogP contribution in [-0.4, -0.2) is 39.0 Å². The first-order valence-corrected chi connectivity index (χ1v) is 9.56. The summed E-state index contributed by atoms with van der Waals surface area (Å²) in [4.78, 5) is 23.7. The number of amides is 1. The third-order valence-corrected chi connectivity index (χ3v) is 4.88. The van der Waals surface area contributed by atoms with Gasteiger partial charge in [-0.15, -0.1) is 0 Å². The molecule has 28 heavy (non-hydrogen) atoms. The maximum Gasteiger partial charge on any atom is 0.242 e. The van der Waals surface area contributed by atoms with Crippen LogP contribution in [0.2, 0.25) is 0 Å². The minimum atomic E-state index is -0.341. The van der Waals surface area contributed by atoms with Gasteiger partial charge in [0.15, 0.2) is 5.82 Å². The van der Waals surface area contributed by atoms with Crippen molar-refractivity contribution in [3.8, 4) is 0 Å². The van der Waals surface area contributed by atoms with Crippen molar-refractivity contribution in [3.63, 3.8) is 0 Å². The van der Waals surface area contributed by atoms with Gasteiger partial charge in [0.05, 0.1) is 13.0 Å². The molecule has 1 amide bonds. The second kappa shape index (κ2) is 8.75. The van der Waals surface area contributed by atoms with E-state index in [1.165, 1.54) is 0 Å². The zero-order valence-electron chi connectivity index (χ0n) is 15.6. The van der Waals surface area contributed by atoms with Crippen LogP contribution < -0.4 is 5.32 Å². The number of benzene rings is 1. The molecule has 1 atom stereocenters. The van der Waals surface area contributed by atoms with E-state index in [4.69, 9.17) is 4.52 Å². The summed E-state index contributed by atoms with van der Waals surface area (Å²) in [5.74, 6) is 0.953. The van der Waals surface area contributed by atoms with Crippen LogP contribution in [0.25, 0.3) is 0 Å². The molecule has 0 spiro atoms. The van der Waals surface area contributed by atoms with Gasteiger partial charge < -0.3 is 9.84 Å². The first kappa shape index (κ1) is 18.3. The van der Waals surface area contributed by atoms with E-state index in [1.54, 1.807) is 12.4 Å². The largest absolute Gasteiger partial charge is 0.347 e. The molecular formula is C21H23N5O2. The number of aromatic nitrogens is 3. The van der Waals surface area contributed by atoms with Crippen molar-refractivity contribution in [2.45, 2.75) is 31.8 Å². The van der Waals surface area contributed by atoms with Crippen LogP contribution in [0, 0.1) is 0 Å². The summed E-state index contributed by atoms with van der Waals surface area (Å²) >= 11 is 0. The summed E-state index contributed by atoms with van der Waals surface area (Å²) in [6.45, 7) is 2.06. The SMILES string of the molecule is O=C(NCc1noc(Cc2ccccc2)n1)[C@H](c1cccnc1)N1CCCC1. The third kappa shape index (κ3) is 4.43. The van der Waals surface area contributed by atoms with Crippen LogP contribution in [-0.2, 0) is 17.8 Å². The molecule has 1 aliphatic heterocycles. The highest BCUT2D eigenvalue weighted by molar-refractivity contribution is 5.83. The van der Waals surface area contributed by atoms with Crippen molar-refractivity contribution in [2.75, 3.05) is 13.1 Å². The fraction of sp³-hybridized carbons (Fsp3) is 0.333. The van der Waals surface area contributed by atoms with Crippen LogP contribution in [0.4, 0.5) is 0 Å². The van der Waals surface area contributed by atoms with Crippen molar-refractivity contribution in [3.05, 3.63) is 77.7 Å². The monoisotopic (exact) mass is 377 g/mol. The number of nitrogens with one attached hydrogen (secondary N) is 1. The maximum atomic E-state index is 12.9. The van der Waals surface area contributed by atoms with Gasteiger partial charge in [-0.05, 0) is 43.1 Å². The minimum absolute atomic E-state index is 0.0655. The number of carbonyl (C=O) groups is 1.